The number of nitrogens with zero attached hydrogens (tertiary/aromatic N) is 2. The number of nitrogens with two attached hydrogens (primary N) is 1. The maximum Gasteiger partial charge on any atom is 0.426 e. The van der Waals surface area contributed by atoms with Gasteiger partial charge in [0.15, 0.2) is 5.17 Å². The SMILES string of the molecule is CC(C)(C)OC(=O)N(C(=O)OC(C)(C)C)C1=NC2(c3cc(N)cc(F)c3)CCCC2CS1. The summed E-state index contributed by atoms with van der Waals surface area (Å²) in [6.07, 6.45) is 0.768. The number of nitrogen functional groups attached to an aromatic ring is 1. The molecule has 1 aromatic rings. The normalized spacial score (nSPS) is 23.2. The predicted molar refractivity (Wildman–Crippen MR) is 124 cm³/mol. The van der Waals surface area contributed by atoms with Crippen molar-refractivity contribution >= 4 is 34.8 Å². The molecule has 176 valence electrons. The number of hydrogen-bond acceptors (Lipinski definition) is 7. The van der Waals surface area contributed by atoms with E-state index in [2.05, 4.69) is 0 Å². The largest absolute Gasteiger partial charge is 0.443 e. The van der Waals surface area contributed by atoms with Crippen molar-refractivity contribution in [2.24, 2.45) is 10.9 Å². The zero-order chi connectivity index (χ0) is 23.9. The molecule has 2 atom stereocenters. The summed E-state index contributed by atoms with van der Waals surface area (Å²) in [5, 5.41) is 0.189. The second kappa shape index (κ2) is 8.57. The summed E-state index contributed by atoms with van der Waals surface area (Å²) in [6, 6.07) is 4.43. The highest BCUT2D eigenvalue weighted by molar-refractivity contribution is 8.13. The van der Waals surface area contributed by atoms with E-state index in [4.69, 9.17) is 20.2 Å². The molecule has 2 unspecified atom stereocenters. The van der Waals surface area contributed by atoms with Crippen molar-refractivity contribution in [1.82, 2.24) is 4.90 Å². The summed E-state index contributed by atoms with van der Waals surface area (Å²) in [7, 11) is 0. The quantitative estimate of drug-likeness (QED) is 0.536. The minimum atomic E-state index is -0.858. The van der Waals surface area contributed by atoms with Gasteiger partial charge in [-0.3, -0.25) is 0 Å². The van der Waals surface area contributed by atoms with Gasteiger partial charge >= 0.3 is 12.2 Å². The molecule has 2 amide bonds. The van der Waals surface area contributed by atoms with Gasteiger partial charge in [-0.1, -0.05) is 18.2 Å². The highest BCUT2D eigenvalue weighted by Gasteiger charge is 2.49. The summed E-state index contributed by atoms with van der Waals surface area (Å²) >= 11 is 1.31. The van der Waals surface area contributed by atoms with Crippen LogP contribution in [0.15, 0.2) is 23.2 Å². The smallest absolute Gasteiger partial charge is 0.426 e. The van der Waals surface area contributed by atoms with Crippen molar-refractivity contribution in [1.29, 1.82) is 0 Å². The van der Waals surface area contributed by atoms with E-state index in [9.17, 15) is 14.0 Å². The topological polar surface area (TPSA) is 94.2 Å². The van der Waals surface area contributed by atoms with Crippen molar-refractivity contribution in [3.05, 3.63) is 29.6 Å². The van der Waals surface area contributed by atoms with Crippen molar-refractivity contribution in [2.45, 2.75) is 77.5 Å². The molecule has 9 heteroatoms. The molecule has 1 aliphatic heterocycles. The summed E-state index contributed by atoms with van der Waals surface area (Å²) < 4.78 is 25.2. The third-order valence-electron chi connectivity index (χ3n) is 5.26. The zero-order valence-electron chi connectivity index (χ0n) is 19.5. The molecule has 1 fully saturated rings. The highest BCUT2D eigenvalue weighted by atomic mass is 32.2. The molecule has 0 spiro atoms. The average molecular weight is 466 g/mol. The summed E-state index contributed by atoms with van der Waals surface area (Å²) in [6.45, 7) is 10.3. The maximum absolute atomic E-state index is 14.2. The van der Waals surface area contributed by atoms with Gasteiger partial charge < -0.3 is 15.2 Å². The Bertz CT molecular complexity index is 890. The number of aliphatic imine (C=N–C) groups is 1. The van der Waals surface area contributed by atoms with Crippen LogP contribution >= 0.6 is 11.8 Å². The zero-order valence-corrected chi connectivity index (χ0v) is 20.3. The van der Waals surface area contributed by atoms with E-state index >= 15 is 0 Å². The molecule has 1 saturated carbocycles. The Morgan fingerprint density at radius 1 is 1.12 bits per heavy atom. The lowest BCUT2D eigenvalue weighted by atomic mass is 9.81. The van der Waals surface area contributed by atoms with E-state index in [1.165, 1.54) is 23.9 Å². The molecular formula is C23H32FN3O4S. The molecule has 3 rings (SSSR count). The fourth-order valence-electron chi connectivity index (χ4n) is 4.07. The molecule has 7 nitrogen and oxygen atoms in total. The Kier molecular flexibility index (Phi) is 6.52. The number of anilines is 1. The van der Waals surface area contributed by atoms with Crippen molar-refractivity contribution in [3.63, 3.8) is 0 Å². The van der Waals surface area contributed by atoms with Crippen molar-refractivity contribution in [3.8, 4) is 0 Å². The number of hydrogen-bond donors (Lipinski definition) is 1. The number of fused-ring (bicyclic) bond motifs is 1. The first kappa shape index (κ1) is 24.4. The first-order chi connectivity index (χ1) is 14.7. The molecule has 0 saturated heterocycles. The first-order valence-electron chi connectivity index (χ1n) is 10.8. The Hall–Kier alpha value is -2.29. The van der Waals surface area contributed by atoms with Crippen molar-refractivity contribution in [2.75, 3.05) is 11.5 Å². The number of ether oxygens (including phenoxy) is 2. The predicted octanol–water partition coefficient (Wildman–Crippen LogP) is 5.68. The number of amidine groups is 1. The van der Waals surface area contributed by atoms with Crippen LogP contribution in [-0.2, 0) is 15.0 Å². The van der Waals surface area contributed by atoms with Gasteiger partial charge in [0.25, 0.3) is 0 Å². The van der Waals surface area contributed by atoms with Crippen LogP contribution in [0.3, 0.4) is 0 Å². The fraction of sp³-hybridized carbons (Fsp3) is 0.609. The lowest BCUT2D eigenvalue weighted by Crippen LogP contribution is -2.48. The number of imide groups is 1. The molecule has 2 N–H and O–H groups in total. The fourth-order valence-corrected chi connectivity index (χ4v) is 5.37. The summed E-state index contributed by atoms with van der Waals surface area (Å²) in [4.78, 5) is 31.9. The second-order valence-corrected chi connectivity index (χ2v) is 11.3. The molecule has 1 aromatic carbocycles. The van der Waals surface area contributed by atoms with Gasteiger partial charge in [0.2, 0.25) is 0 Å². The maximum atomic E-state index is 14.2. The Morgan fingerprint density at radius 3 is 2.25 bits per heavy atom. The minimum Gasteiger partial charge on any atom is -0.443 e. The number of carbonyl (C=O) groups excluding carboxylic acids is 2. The van der Waals surface area contributed by atoms with E-state index in [1.54, 1.807) is 47.6 Å². The van der Waals surface area contributed by atoms with Gasteiger partial charge in [0, 0.05) is 11.4 Å². The second-order valence-electron chi connectivity index (χ2n) is 10.3. The lowest BCUT2D eigenvalue weighted by Gasteiger charge is -2.38. The molecule has 2 aliphatic rings. The van der Waals surface area contributed by atoms with Crippen LogP contribution in [-0.4, -0.2) is 39.2 Å². The van der Waals surface area contributed by atoms with Crippen molar-refractivity contribution < 1.29 is 23.5 Å². The standard InChI is InChI=1S/C23H32FN3O4S/c1-21(2,3)30-19(28)27(20(29)31-22(4,5)6)18-26-23(9-7-8-14(23)13-32-18)15-10-16(24)12-17(25)11-15/h10-12,14H,7-9,13,25H2,1-6H3. The van der Waals surface area contributed by atoms with E-state index in [1.807, 2.05) is 0 Å². The van der Waals surface area contributed by atoms with E-state index in [0.29, 0.717) is 23.4 Å². The van der Waals surface area contributed by atoms with E-state index in [-0.39, 0.29) is 11.1 Å². The van der Waals surface area contributed by atoms with Crippen LogP contribution in [0.1, 0.15) is 66.4 Å². The van der Waals surface area contributed by atoms with Crippen LogP contribution in [0.5, 0.6) is 0 Å². The number of thioether (sulfide) groups is 1. The molecular weight excluding hydrogens is 433 g/mol. The van der Waals surface area contributed by atoms with Crippen LogP contribution in [0.4, 0.5) is 19.7 Å². The number of benzene rings is 1. The first-order valence-corrected chi connectivity index (χ1v) is 11.7. The van der Waals surface area contributed by atoms with Gasteiger partial charge in [0.05, 0.1) is 5.54 Å². The number of amides is 2. The minimum absolute atomic E-state index is 0.136. The Labute approximate surface area is 192 Å². The average Bonchev–Trinajstić information content (AvgIpc) is 3.02. The van der Waals surface area contributed by atoms with Crippen LogP contribution in [0.2, 0.25) is 0 Å². The number of rotatable bonds is 1. The summed E-state index contributed by atoms with van der Waals surface area (Å²) in [5.74, 6) is 0.319. The van der Waals surface area contributed by atoms with Crippen LogP contribution in [0, 0.1) is 11.7 Å². The third kappa shape index (κ3) is 5.36. The van der Waals surface area contributed by atoms with E-state index < -0.39 is 34.7 Å². The molecule has 1 heterocycles. The Balaban J connectivity index is 2.09. The third-order valence-corrected chi connectivity index (χ3v) is 6.36. The van der Waals surface area contributed by atoms with E-state index in [0.717, 1.165) is 17.7 Å². The van der Waals surface area contributed by atoms with Crippen LogP contribution < -0.4 is 5.73 Å². The molecule has 0 bridgehead atoms. The highest BCUT2D eigenvalue weighted by Crippen LogP contribution is 2.52. The molecule has 0 aromatic heterocycles. The van der Waals surface area contributed by atoms with Gasteiger partial charge in [0.1, 0.15) is 17.0 Å². The Morgan fingerprint density at radius 2 is 1.72 bits per heavy atom. The number of halogens is 1. The van der Waals surface area contributed by atoms with Gasteiger partial charge in [-0.25, -0.2) is 19.0 Å². The monoisotopic (exact) mass is 465 g/mol. The lowest BCUT2D eigenvalue weighted by molar-refractivity contribution is 0.0150. The summed E-state index contributed by atoms with van der Waals surface area (Å²) in [5.41, 5.74) is 4.49. The van der Waals surface area contributed by atoms with Crippen LogP contribution in [0.25, 0.3) is 0 Å². The van der Waals surface area contributed by atoms with Gasteiger partial charge in [-0.05, 0) is 84.1 Å². The van der Waals surface area contributed by atoms with Gasteiger partial charge in [-0.2, -0.15) is 4.90 Å². The number of carbonyl (C=O) groups is 2. The van der Waals surface area contributed by atoms with Gasteiger partial charge in [-0.15, -0.1) is 0 Å². The molecule has 0 radical (unpaired) electrons. The molecule has 32 heavy (non-hydrogen) atoms. The molecule has 1 aliphatic carbocycles.